The normalized spacial score (nSPS) is 22.0. The number of hydrogen-bond donors (Lipinski definition) is 0. The molecule has 1 aliphatic heterocycles. The summed E-state index contributed by atoms with van der Waals surface area (Å²) in [7, 11) is 0. The van der Waals surface area contributed by atoms with Crippen molar-refractivity contribution in [1.82, 2.24) is 4.90 Å². The van der Waals surface area contributed by atoms with E-state index in [0.717, 1.165) is 38.0 Å². The number of benzene rings is 1. The van der Waals surface area contributed by atoms with Crippen LogP contribution in [-0.4, -0.2) is 30.5 Å². The first kappa shape index (κ1) is 16.0. The van der Waals surface area contributed by atoms with Crippen LogP contribution in [0.2, 0.25) is 0 Å². The van der Waals surface area contributed by atoms with Gasteiger partial charge in [0, 0.05) is 18.9 Å². The zero-order valence-electron chi connectivity index (χ0n) is 13.5. The van der Waals surface area contributed by atoms with E-state index in [1.807, 2.05) is 25.1 Å². The molecule has 2 atom stereocenters. The number of likely N-dealkylation sites (tertiary alicyclic amines) is 1. The fourth-order valence-corrected chi connectivity index (χ4v) is 3.44. The van der Waals surface area contributed by atoms with Crippen molar-refractivity contribution < 1.29 is 9.53 Å². The summed E-state index contributed by atoms with van der Waals surface area (Å²) in [5, 5.41) is 0. The van der Waals surface area contributed by atoms with E-state index < -0.39 is 5.60 Å². The number of ether oxygens (including phenoxy) is 1. The van der Waals surface area contributed by atoms with E-state index in [1.165, 1.54) is 0 Å². The zero-order chi connectivity index (χ0) is 15.3. The van der Waals surface area contributed by atoms with E-state index in [1.54, 1.807) is 0 Å². The van der Waals surface area contributed by atoms with Gasteiger partial charge in [0.15, 0.2) is 0 Å². The minimum absolute atomic E-state index is 0.101. The first-order valence-electron chi connectivity index (χ1n) is 8.16. The predicted octanol–water partition coefficient (Wildman–Crippen LogP) is 3.59. The Morgan fingerprint density at radius 2 is 2.00 bits per heavy atom. The van der Waals surface area contributed by atoms with Gasteiger partial charge in [0.1, 0.15) is 5.60 Å². The molecule has 3 nitrogen and oxygen atoms in total. The quantitative estimate of drug-likeness (QED) is 0.750. The molecule has 1 heterocycles. The van der Waals surface area contributed by atoms with Crippen molar-refractivity contribution in [3.63, 3.8) is 0 Å². The molecule has 1 aromatic rings. The Kier molecular flexibility index (Phi) is 5.40. The lowest BCUT2D eigenvalue weighted by Gasteiger charge is -2.38. The fourth-order valence-electron chi connectivity index (χ4n) is 3.44. The summed E-state index contributed by atoms with van der Waals surface area (Å²) >= 11 is 0. The van der Waals surface area contributed by atoms with Crippen LogP contribution in [-0.2, 0) is 15.1 Å². The second-order valence-corrected chi connectivity index (χ2v) is 5.82. The molecule has 1 aromatic carbocycles. The zero-order valence-corrected chi connectivity index (χ0v) is 13.5. The Labute approximate surface area is 128 Å². The van der Waals surface area contributed by atoms with Crippen molar-refractivity contribution >= 4 is 5.97 Å². The molecule has 0 spiro atoms. The van der Waals surface area contributed by atoms with Crippen molar-refractivity contribution in [2.75, 3.05) is 19.6 Å². The molecule has 21 heavy (non-hydrogen) atoms. The van der Waals surface area contributed by atoms with Gasteiger partial charge in [0.25, 0.3) is 0 Å². The molecule has 1 saturated heterocycles. The van der Waals surface area contributed by atoms with Gasteiger partial charge < -0.3 is 9.64 Å². The summed E-state index contributed by atoms with van der Waals surface area (Å²) in [6.45, 7) is 9.35. The first-order valence-corrected chi connectivity index (χ1v) is 8.16. The molecule has 0 aliphatic carbocycles. The molecule has 0 saturated carbocycles. The van der Waals surface area contributed by atoms with E-state index in [4.69, 9.17) is 4.74 Å². The maximum Gasteiger partial charge on any atom is 0.306 e. The minimum atomic E-state index is -0.474. The van der Waals surface area contributed by atoms with E-state index in [9.17, 15) is 4.79 Å². The van der Waals surface area contributed by atoms with Gasteiger partial charge in [-0.3, -0.25) is 4.79 Å². The number of carbonyl (C=O) groups is 1. The van der Waals surface area contributed by atoms with E-state index in [0.29, 0.717) is 12.3 Å². The fraction of sp³-hybridized carbons (Fsp3) is 0.611. The van der Waals surface area contributed by atoms with Crippen molar-refractivity contribution in [2.24, 2.45) is 5.92 Å². The largest absolute Gasteiger partial charge is 0.454 e. The second kappa shape index (κ2) is 7.08. The van der Waals surface area contributed by atoms with Crippen LogP contribution in [0.3, 0.4) is 0 Å². The molecule has 0 amide bonds. The molecule has 1 aliphatic rings. The average molecular weight is 289 g/mol. The van der Waals surface area contributed by atoms with Gasteiger partial charge in [-0.2, -0.15) is 0 Å². The molecule has 1 fully saturated rings. The molecule has 2 rings (SSSR count). The second-order valence-electron chi connectivity index (χ2n) is 5.82. The summed E-state index contributed by atoms with van der Waals surface area (Å²) in [6, 6.07) is 10.3. The highest BCUT2D eigenvalue weighted by molar-refractivity contribution is 5.69. The van der Waals surface area contributed by atoms with Gasteiger partial charge in [0.05, 0.1) is 0 Å². The van der Waals surface area contributed by atoms with Crippen molar-refractivity contribution in [3.05, 3.63) is 35.9 Å². The van der Waals surface area contributed by atoms with Crippen molar-refractivity contribution in [2.45, 2.75) is 45.6 Å². The number of esters is 1. The Hall–Kier alpha value is -1.35. The van der Waals surface area contributed by atoms with Crippen LogP contribution in [0, 0.1) is 5.92 Å². The number of rotatable bonds is 6. The van der Waals surface area contributed by atoms with Crippen molar-refractivity contribution in [3.8, 4) is 0 Å². The monoisotopic (exact) mass is 289 g/mol. The standard InChI is InChI=1S/C18H27NO2/c1-4-17(20)21-18(5-2,15-10-8-7-9-11-15)16-12-13-19(6-3)14-16/h7-11,16H,4-6,12-14H2,1-3H3. The molecule has 3 heteroatoms. The van der Waals surface area contributed by atoms with Crippen LogP contribution in [0.1, 0.15) is 45.6 Å². The third-order valence-electron chi connectivity index (χ3n) is 4.75. The lowest BCUT2D eigenvalue weighted by Crippen LogP contribution is -2.41. The smallest absolute Gasteiger partial charge is 0.306 e. The van der Waals surface area contributed by atoms with Crippen LogP contribution in [0.5, 0.6) is 0 Å². The Morgan fingerprint density at radius 3 is 2.52 bits per heavy atom. The van der Waals surface area contributed by atoms with Gasteiger partial charge in [-0.05, 0) is 31.5 Å². The van der Waals surface area contributed by atoms with E-state index >= 15 is 0 Å². The van der Waals surface area contributed by atoms with Gasteiger partial charge in [-0.1, -0.05) is 51.1 Å². The van der Waals surface area contributed by atoms with Crippen LogP contribution in [0.4, 0.5) is 0 Å². The molecule has 0 N–H and O–H groups in total. The van der Waals surface area contributed by atoms with E-state index in [-0.39, 0.29) is 5.97 Å². The summed E-state index contributed by atoms with van der Waals surface area (Å²) in [4.78, 5) is 14.5. The van der Waals surface area contributed by atoms with E-state index in [2.05, 4.69) is 30.9 Å². The Balaban J connectivity index is 2.35. The minimum Gasteiger partial charge on any atom is -0.454 e. The Bertz CT molecular complexity index is 460. The van der Waals surface area contributed by atoms with Crippen LogP contribution in [0.15, 0.2) is 30.3 Å². The predicted molar refractivity (Wildman–Crippen MR) is 85.0 cm³/mol. The summed E-state index contributed by atoms with van der Waals surface area (Å²) in [5.41, 5.74) is 0.662. The maximum absolute atomic E-state index is 12.0. The van der Waals surface area contributed by atoms with Gasteiger partial charge >= 0.3 is 5.97 Å². The molecule has 0 aromatic heterocycles. The van der Waals surface area contributed by atoms with Gasteiger partial charge in [-0.15, -0.1) is 0 Å². The number of hydrogen-bond acceptors (Lipinski definition) is 3. The lowest BCUT2D eigenvalue weighted by atomic mass is 9.78. The summed E-state index contributed by atoms with van der Waals surface area (Å²) < 4.78 is 6.03. The molecule has 2 unspecified atom stereocenters. The summed E-state index contributed by atoms with van der Waals surface area (Å²) in [6.07, 6.45) is 2.34. The highest BCUT2D eigenvalue weighted by atomic mass is 16.6. The average Bonchev–Trinajstić information content (AvgIpc) is 3.02. The maximum atomic E-state index is 12.0. The lowest BCUT2D eigenvalue weighted by molar-refractivity contribution is -0.168. The van der Waals surface area contributed by atoms with Crippen LogP contribution < -0.4 is 0 Å². The van der Waals surface area contributed by atoms with Crippen LogP contribution in [0.25, 0.3) is 0 Å². The van der Waals surface area contributed by atoms with Gasteiger partial charge in [-0.25, -0.2) is 0 Å². The Morgan fingerprint density at radius 1 is 1.29 bits per heavy atom. The number of nitrogens with zero attached hydrogens (tertiary/aromatic N) is 1. The topological polar surface area (TPSA) is 29.5 Å². The molecular weight excluding hydrogens is 262 g/mol. The third kappa shape index (κ3) is 3.29. The highest BCUT2D eigenvalue weighted by Crippen LogP contribution is 2.42. The SMILES string of the molecule is CCC(=O)OC(CC)(c1ccccc1)C1CCN(CC)C1. The van der Waals surface area contributed by atoms with Gasteiger partial charge in [0.2, 0.25) is 0 Å². The molecule has 0 bridgehead atoms. The first-order chi connectivity index (χ1) is 10.2. The molecule has 116 valence electrons. The summed E-state index contributed by atoms with van der Waals surface area (Å²) in [5.74, 6) is 0.274. The molecular formula is C18H27NO2. The molecule has 0 radical (unpaired) electrons. The van der Waals surface area contributed by atoms with Crippen LogP contribution >= 0.6 is 0 Å². The number of carbonyl (C=O) groups excluding carboxylic acids is 1. The highest BCUT2D eigenvalue weighted by Gasteiger charge is 2.45. The third-order valence-corrected chi connectivity index (χ3v) is 4.75. The van der Waals surface area contributed by atoms with Crippen molar-refractivity contribution in [1.29, 1.82) is 0 Å².